The van der Waals surface area contributed by atoms with Crippen molar-refractivity contribution in [1.29, 1.82) is 0 Å². The van der Waals surface area contributed by atoms with Gasteiger partial charge in [0.05, 0.1) is 24.8 Å². The minimum absolute atomic E-state index is 0.0480. The van der Waals surface area contributed by atoms with E-state index in [0.717, 1.165) is 0 Å². The van der Waals surface area contributed by atoms with Crippen LogP contribution in [0.15, 0.2) is 72.9 Å². The number of benzene rings is 3. The third kappa shape index (κ3) is 6.11. The van der Waals surface area contributed by atoms with Crippen LogP contribution in [0.1, 0.15) is 16.8 Å². The van der Waals surface area contributed by atoms with Gasteiger partial charge in [0.25, 0.3) is 5.91 Å². The molecule has 0 saturated heterocycles. The van der Waals surface area contributed by atoms with Crippen molar-refractivity contribution in [2.24, 2.45) is 5.73 Å². The number of carboxylic acids is 1. The first-order valence-electron chi connectivity index (χ1n) is 11.3. The molecule has 0 radical (unpaired) electrons. The lowest BCUT2D eigenvalue weighted by atomic mass is 10.1. The third-order valence-electron chi connectivity index (χ3n) is 5.45. The number of amides is 1. The van der Waals surface area contributed by atoms with E-state index in [-0.39, 0.29) is 18.6 Å². The minimum Gasteiger partial charge on any atom is -0.493 e. The predicted octanol–water partition coefficient (Wildman–Crippen LogP) is 4.61. The molecule has 0 bridgehead atoms. The van der Waals surface area contributed by atoms with E-state index in [1.165, 1.54) is 25.3 Å². The van der Waals surface area contributed by atoms with E-state index in [1.807, 2.05) is 0 Å². The van der Waals surface area contributed by atoms with Gasteiger partial charge in [-0.25, -0.2) is 4.39 Å². The zero-order valence-electron chi connectivity index (χ0n) is 19.8. The lowest BCUT2D eigenvalue weighted by Gasteiger charge is -2.15. The van der Waals surface area contributed by atoms with E-state index in [4.69, 9.17) is 25.1 Å². The van der Waals surface area contributed by atoms with Gasteiger partial charge in [0.1, 0.15) is 23.4 Å². The molecule has 0 aliphatic carbocycles. The fourth-order valence-corrected chi connectivity index (χ4v) is 3.49. The second kappa shape index (κ2) is 11.4. The number of methoxy groups -OCH3 is 1. The molecule has 0 unspecified atom stereocenters. The quantitative estimate of drug-likeness (QED) is 0.285. The molecule has 4 aromatic rings. The summed E-state index contributed by atoms with van der Waals surface area (Å²) in [6, 6.07) is 16.4. The maximum atomic E-state index is 13.8. The van der Waals surface area contributed by atoms with Gasteiger partial charge in [-0.1, -0.05) is 12.1 Å². The number of hydrogen-bond acceptors (Lipinski definition) is 7. The zero-order valence-corrected chi connectivity index (χ0v) is 19.8. The van der Waals surface area contributed by atoms with Crippen LogP contribution in [-0.2, 0) is 4.79 Å². The van der Waals surface area contributed by atoms with Gasteiger partial charge in [-0.3, -0.25) is 14.6 Å². The lowest BCUT2D eigenvalue weighted by Crippen LogP contribution is -2.31. The number of ether oxygens (including phenoxy) is 3. The molecule has 0 aliphatic rings. The highest BCUT2D eigenvalue weighted by molar-refractivity contribution is 6.04. The Balaban J connectivity index is 1.49. The van der Waals surface area contributed by atoms with E-state index < -0.39 is 23.7 Å². The molecule has 0 spiro atoms. The van der Waals surface area contributed by atoms with Gasteiger partial charge in [-0.2, -0.15) is 0 Å². The van der Waals surface area contributed by atoms with Crippen molar-refractivity contribution in [3.8, 4) is 23.0 Å². The smallest absolute Gasteiger partial charge is 0.320 e. The van der Waals surface area contributed by atoms with E-state index in [9.17, 15) is 14.0 Å². The Morgan fingerprint density at radius 1 is 1.05 bits per heavy atom. The molecule has 0 aliphatic heterocycles. The normalized spacial score (nSPS) is 11.5. The number of fused-ring (bicyclic) bond motifs is 1. The molecule has 1 aromatic heterocycles. The van der Waals surface area contributed by atoms with Crippen molar-refractivity contribution in [2.75, 3.05) is 19.0 Å². The highest BCUT2D eigenvalue weighted by Gasteiger charge is 2.15. The first-order valence-corrected chi connectivity index (χ1v) is 11.3. The highest BCUT2D eigenvalue weighted by Crippen LogP contribution is 2.37. The van der Waals surface area contributed by atoms with E-state index in [1.54, 1.807) is 54.7 Å². The van der Waals surface area contributed by atoms with Crippen LogP contribution in [0.3, 0.4) is 0 Å². The Bertz CT molecular complexity index is 1430. The van der Waals surface area contributed by atoms with Crippen LogP contribution in [-0.4, -0.2) is 41.7 Å². The number of nitrogens with one attached hydrogen (secondary N) is 1. The van der Waals surface area contributed by atoms with Crippen molar-refractivity contribution in [3.63, 3.8) is 0 Å². The highest BCUT2D eigenvalue weighted by atomic mass is 19.1. The maximum Gasteiger partial charge on any atom is 0.320 e. The van der Waals surface area contributed by atoms with Gasteiger partial charge >= 0.3 is 5.97 Å². The van der Waals surface area contributed by atoms with Crippen molar-refractivity contribution >= 4 is 28.5 Å². The Hall–Kier alpha value is -4.70. The standard InChI is InChI=1S/C27H24FN3O6/c1-35-24-14-19-22(15-25(24)36-13-11-21(29)27(33)34)30-12-10-23(19)37-17-8-6-16(7-9-17)31-26(32)18-4-2-3-5-20(18)28/h2-10,12,14-15,21H,11,13,29H2,1H3,(H,31,32)(H,33,34)/t21-/m0/s1. The molecular formula is C27H24FN3O6. The van der Waals surface area contributed by atoms with Crippen molar-refractivity contribution in [1.82, 2.24) is 4.98 Å². The van der Waals surface area contributed by atoms with Gasteiger partial charge < -0.3 is 30.4 Å². The Kier molecular flexibility index (Phi) is 7.80. The number of aromatic nitrogens is 1. The van der Waals surface area contributed by atoms with Crippen LogP contribution >= 0.6 is 0 Å². The second-order valence-corrected chi connectivity index (χ2v) is 7.97. The number of carboxylic acid groups (broad SMARTS) is 1. The van der Waals surface area contributed by atoms with Crippen LogP contribution in [0, 0.1) is 5.82 Å². The van der Waals surface area contributed by atoms with E-state index in [2.05, 4.69) is 10.3 Å². The second-order valence-electron chi connectivity index (χ2n) is 7.97. The number of aliphatic carboxylic acids is 1. The molecule has 1 atom stereocenters. The first-order chi connectivity index (χ1) is 17.9. The van der Waals surface area contributed by atoms with E-state index >= 15 is 0 Å². The number of hydrogen-bond donors (Lipinski definition) is 3. The molecule has 10 heteroatoms. The number of nitrogens with zero attached hydrogens (tertiary/aromatic N) is 1. The molecule has 4 N–H and O–H groups in total. The molecule has 3 aromatic carbocycles. The lowest BCUT2D eigenvalue weighted by molar-refractivity contribution is -0.138. The number of rotatable bonds is 10. The summed E-state index contributed by atoms with van der Waals surface area (Å²) in [5.74, 6) is -0.436. The fourth-order valence-electron chi connectivity index (χ4n) is 3.49. The molecule has 9 nitrogen and oxygen atoms in total. The van der Waals surface area contributed by atoms with Gasteiger partial charge in [0.2, 0.25) is 0 Å². The molecule has 1 amide bonds. The van der Waals surface area contributed by atoms with Crippen LogP contribution in [0.2, 0.25) is 0 Å². The SMILES string of the molecule is COc1cc2c(Oc3ccc(NC(=O)c4ccccc4F)cc3)ccnc2cc1OCC[C@H](N)C(=O)O. The molecule has 190 valence electrons. The fraction of sp³-hybridized carbons (Fsp3) is 0.148. The van der Waals surface area contributed by atoms with E-state index in [0.29, 0.717) is 39.6 Å². The number of carbonyl (C=O) groups excluding carboxylic acids is 1. The van der Waals surface area contributed by atoms with Gasteiger partial charge in [0, 0.05) is 29.8 Å². The average molecular weight is 506 g/mol. The number of halogens is 1. The van der Waals surface area contributed by atoms with Gasteiger partial charge in [-0.15, -0.1) is 0 Å². The Morgan fingerprint density at radius 2 is 1.81 bits per heavy atom. The topological polar surface area (TPSA) is 133 Å². The van der Waals surface area contributed by atoms with Crippen LogP contribution in [0.4, 0.5) is 10.1 Å². The zero-order chi connectivity index (χ0) is 26.4. The summed E-state index contributed by atoms with van der Waals surface area (Å²) in [6.45, 7) is 0.0886. The van der Waals surface area contributed by atoms with Crippen LogP contribution in [0.25, 0.3) is 10.9 Å². The summed E-state index contributed by atoms with van der Waals surface area (Å²) in [7, 11) is 1.49. The van der Waals surface area contributed by atoms with Crippen LogP contribution in [0.5, 0.6) is 23.0 Å². The number of carbonyl (C=O) groups is 2. The van der Waals surface area contributed by atoms with Crippen molar-refractivity contribution < 1.29 is 33.3 Å². The summed E-state index contributed by atoms with van der Waals surface area (Å²) in [5.41, 5.74) is 6.53. The minimum atomic E-state index is -1.10. The molecular weight excluding hydrogens is 481 g/mol. The monoisotopic (exact) mass is 505 g/mol. The summed E-state index contributed by atoms with van der Waals surface area (Å²) in [6.07, 6.45) is 1.71. The van der Waals surface area contributed by atoms with Crippen LogP contribution < -0.4 is 25.3 Å². The Labute approximate surface area is 211 Å². The molecule has 0 fully saturated rings. The summed E-state index contributed by atoms with van der Waals surface area (Å²) in [4.78, 5) is 27.6. The molecule has 37 heavy (non-hydrogen) atoms. The van der Waals surface area contributed by atoms with Gasteiger partial charge in [0.15, 0.2) is 11.5 Å². The largest absolute Gasteiger partial charge is 0.493 e. The molecule has 4 rings (SSSR count). The molecule has 1 heterocycles. The number of pyridine rings is 1. The number of nitrogens with two attached hydrogens (primary N) is 1. The average Bonchev–Trinajstić information content (AvgIpc) is 2.89. The molecule has 0 saturated carbocycles. The van der Waals surface area contributed by atoms with Gasteiger partial charge in [-0.05, 0) is 48.5 Å². The maximum absolute atomic E-state index is 13.8. The Morgan fingerprint density at radius 3 is 2.51 bits per heavy atom. The van der Waals surface area contributed by atoms with Crippen molar-refractivity contribution in [3.05, 3.63) is 84.3 Å². The predicted molar refractivity (Wildman–Crippen MR) is 135 cm³/mol. The third-order valence-corrected chi connectivity index (χ3v) is 5.45. The van der Waals surface area contributed by atoms with Crippen molar-refractivity contribution in [2.45, 2.75) is 12.5 Å². The summed E-state index contributed by atoms with van der Waals surface area (Å²) >= 11 is 0. The summed E-state index contributed by atoms with van der Waals surface area (Å²) < 4.78 is 31.0. The summed E-state index contributed by atoms with van der Waals surface area (Å²) in [5, 5.41) is 12.2. The number of anilines is 1. The first kappa shape index (κ1) is 25.4.